The lowest BCUT2D eigenvalue weighted by atomic mass is 10.1. The second-order valence-electron chi connectivity index (χ2n) is 3.21. The first-order valence-electron chi connectivity index (χ1n) is 4.73. The standard InChI is InChI=1S/C11H11ClN2O2/c1-15-10-6-16-11(14-10)7-2-3-9(12)8(4-7)5-13/h2-4,6H,5,13H2,1H3. The van der Waals surface area contributed by atoms with Crippen molar-refractivity contribution in [3.05, 3.63) is 35.0 Å². The van der Waals surface area contributed by atoms with Crippen molar-refractivity contribution in [2.75, 3.05) is 7.11 Å². The van der Waals surface area contributed by atoms with Gasteiger partial charge in [-0.25, -0.2) is 0 Å². The summed E-state index contributed by atoms with van der Waals surface area (Å²) in [5.74, 6) is 0.933. The van der Waals surface area contributed by atoms with Gasteiger partial charge < -0.3 is 14.9 Å². The molecule has 0 bridgehead atoms. The van der Waals surface area contributed by atoms with E-state index >= 15 is 0 Å². The monoisotopic (exact) mass is 238 g/mol. The summed E-state index contributed by atoms with van der Waals surface area (Å²) in [5.41, 5.74) is 7.25. The number of oxazole rings is 1. The van der Waals surface area contributed by atoms with Crippen LogP contribution < -0.4 is 10.5 Å². The van der Waals surface area contributed by atoms with E-state index in [2.05, 4.69) is 4.98 Å². The van der Waals surface area contributed by atoms with E-state index < -0.39 is 0 Å². The van der Waals surface area contributed by atoms with E-state index in [9.17, 15) is 0 Å². The van der Waals surface area contributed by atoms with Crippen molar-refractivity contribution in [1.82, 2.24) is 4.98 Å². The molecule has 2 N–H and O–H groups in total. The average molecular weight is 239 g/mol. The second kappa shape index (κ2) is 4.55. The Bertz CT molecular complexity index is 496. The molecular formula is C11H11ClN2O2. The molecule has 0 unspecified atom stereocenters. The molecule has 0 aliphatic carbocycles. The molecule has 0 saturated heterocycles. The van der Waals surface area contributed by atoms with Gasteiger partial charge in [0.25, 0.3) is 5.88 Å². The Hall–Kier alpha value is -1.52. The number of halogens is 1. The molecule has 16 heavy (non-hydrogen) atoms. The van der Waals surface area contributed by atoms with E-state index in [-0.39, 0.29) is 0 Å². The highest BCUT2D eigenvalue weighted by Gasteiger charge is 2.08. The lowest BCUT2D eigenvalue weighted by Gasteiger charge is -2.02. The minimum absolute atomic E-state index is 0.379. The van der Waals surface area contributed by atoms with Crippen molar-refractivity contribution in [2.24, 2.45) is 5.73 Å². The number of ether oxygens (including phenoxy) is 1. The van der Waals surface area contributed by atoms with Gasteiger partial charge in [-0.2, -0.15) is 4.98 Å². The smallest absolute Gasteiger partial charge is 0.252 e. The highest BCUT2D eigenvalue weighted by molar-refractivity contribution is 6.31. The van der Waals surface area contributed by atoms with Gasteiger partial charge in [0, 0.05) is 17.1 Å². The quantitative estimate of drug-likeness (QED) is 0.892. The predicted octanol–water partition coefficient (Wildman–Crippen LogP) is 2.46. The number of hydrogen-bond donors (Lipinski definition) is 1. The third-order valence-corrected chi connectivity index (χ3v) is 2.57. The number of nitrogens with two attached hydrogens (primary N) is 1. The van der Waals surface area contributed by atoms with Crippen LogP contribution >= 0.6 is 11.6 Å². The molecule has 0 amide bonds. The molecular weight excluding hydrogens is 228 g/mol. The Morgan fingerprint density at radius 1 is 1.50 bits per heavy atom. The van der Waals surface area contributed by atoms with E-state index in [0.29, 0.717) is 23.3 Å². The van der Waals surface area contributed by atoms with Crippen LogP contribution in [0, 0.1) is 0 Å². The van der Waals surface area contributed by atoms with Crippen molar-refractivity contribution >= 4 is 11.6 Å². The van der Waals surface area contributed by atoms with Gasteiger partial charge in [-0.3, -0.25) is 0 Å². The summed E-state index contributed by atoms with van der Waals surface area (Å²) < 4.78 is 10.2. The fourth-order valence-corrected chi connectivity index (χ4v) is 1.54. The highest BCUT2D eigenvalue weighted by atomic mass is 35.5. The fraction of sp³-hybridized carbons (Fsp3) is 0.182. The lowest BCUT2D eigenvalue weighted by Crippen LogP contribution is -1.97. The van der Waals surface area contributed by atoms with Gasteiger partial charge in [0.15, 0.2) is 6.26 Å². The Kier molecular flexibility index (Phi) is 3.12. The normalized spacial score (nSPS) is 10.4. The SMILES string of the molecule is COc1coc(-c2ccc(Cl)c(CN)c2)n1. The minimum Gasteiger partial charge on any atom is -0.479 e. The summed E-state index contributed by atoms with van der Waals surface area (Å²) in [6, 6.07) is 5.45. The number of hydrogen-bond acceptors (Lipinski definition) is 4. The second-order valence-corrected chi connectivity index (χ2v) is 3.61. The van der Waals surface area contributed by atoms with Gasteiger partial charge >= 0.3 is 0 Å². The largest absolute Gasteiger partial charge is 0.479 e. The molecule has 1 aromatic carbocycles. The molecule has 0 atom stereocenters. The van der Waals surface area contributed by atoms with Crippen LogP contribution in [0.15, 0.2) is 28.9 Å². The van der Waals surface area contributed by atoms with Crippen LogP contribution in [-0.4, -0.2) is 12.1 Å². The van der Waals surface area contributed by atoms with Gasteiger partial charge in [-0.1, -0.05) is 11.6 Å². The third kappa shape index (κ3) is 2.03. The van der Waals surface area contributed by atoms with E-state index in [1.165, 1.54) is 13.4 Å². The Balaban J connectivity index is 2.40. The molecule has 0 saturated carbocycles. The van der Waals surface area contributed by atoms with Crippen LogP contribution in [0.2, 0.25) is 5.02 Å². The molecule has 4 nitrogen and oxygen atoms in total. The molecule has 0 radical (unpaired) electrons. The number of rotatable bonds is 3. The van der Waals surface area contributed by atoms with Gasteiger partial charge in [0.05, 0.1) is 7.11 Å². The summed E-state index contributed by atoms with van der Waals surface area (Å²) in [4.78, 5) is 4.13. The van der Waals surface area contributed by atoms with Gasteiger partial charge in [-0.15, -0.1) is 0 Å². The van der Waals surface area contributed by atoms with Crippen LogP contribution in [0.25, 0.3) is 11.5 Å². The number of methoxy groups -OCH3 is 1. The van der Waals surface area contributed by atoms with E-state index in [1.54, 1.807) is 6.07 Å². The molecule has 2 aromatic rings. The molecule has 5 heteroatoms. The Morgan fingerprint density at radius 2 is 2.31 bits per heavy atom. The van der Waals surface area contributed by atoms with Crippen LogP contribution in [-0.2, 0) is 6.54 Å². The maximum absolute atomic E-state index is 5.96. The highest BCUT2D eigenvalue weighted by Crippen LogP contribution is 2.26. The van der Waals surface area contributed by atoms with Crippen molar-refractivity contribution in [1.29, 1.82) is 0 Å². The number of benzene rings is 1. The summed E-state index contributed by atoms with van der Waals surface area (Å²) in [6.45, 7) is 0.379. The average Bonchev–Trinajstić information content (AvgIpc) is 2.78. The van der Waals surface area contributed by atoms with Crippen molar-refractivity contribution in [3.63, 3.8) is 0 Å². The topological polar surface area (TPSA) is 61.3 Å². The first-order valence-corrected chi connectivity index (χ1v) is 5.10. The fourth-order valence-electron chi connectivity index (χ4n) is 1.35. The molecule has 1 heterocycles. The zero-order valence-corrected chi connectivity index (χ0v) is 9.49. The predicted molar refractivity (Wildman–Crippen MR) is 61.4 cm³/mol. The maximum atomic E-state index is 5.96. The molecule has 0 aliphatic rings. The van der Waals surface area contributed by atoms with Crippen molar-refractivity contribution in [2.45, 2.75) is 6.54 Å². The van der Waals surface area contributed by atoms with E-state index in [4.69, 9.17) is 26.5 Å². The Labute approximate surface area is 98.0 Å². The van der Waals surface area contributed by atoms with Crippen LogP contribution in [0.3, 0.4) is 0 Å². The first-order chi connectivity index (χ1) is 7.74. The maximum Gasteiger partial charge on any atom is 0.252 e. The summed E-state index contributed by atoms with van der Waals surface area (Å²) in [5, 5.41) is 0.643. The van der Waals surface area contributed by atoms with E-state index in [1.807, 2.05) is 12.1 Å². The van der Waals surface area contributed by atoms with Gasteiger partial charge in [0.2, 0.25) is 5.89 Å². The van der Waals surface area contributed by atoms with Crippen molar-refractivity contribution in [3.8, 4) is 17.3 Å². The molecule has 2 rings (SSSR count). The molecule has 0 spiro atoms. The molecule has 0 aliphatic heterocycles. The molecule has 1 aromatic heterocycles. The van der Waals surface area contributed by atoms with E-state index in [0.717, 1.165) is 11.1 Å². The first kappa shape index (κ1) is 11.0. The summed E-state index contributed by atoms with van der Waals surface area (Å²) >= 11 is 5.96. The Morgan fingerprint density at radius 3 is 2.94 bits per heavy atom. The zero-order chi connectivity index (χ0) is 11.5. The van der Waals surface area contributed by atoms with Crippen LogP contribution in [0.5, 0.6) is 5.88 Å². The summed E-state index contributed by atoms with van der Waals surface area (Å²) in [6.07, 6.45) is 1.45. The molecule has 84 valence electrons. The zero-order valence-electron chi connectivity index (χ0n) is 8.74. The number of aromatic nitrogens is 1. The van der Waals surface area contributed by atoms with Gasteiger partial charge in [0.1, 0.15) is 0 Å². The van der Waals surface area contributed by atoms with Gasteiger partial charge in [-0.05, 0) is 23.8 Å². The van der Waals surface area contributed by atoms with Crippen LogP contribution in [0.4, 0.5) is 0 Å². The van der Waals surface area contributed by atoms with Crippen molar-refractivity contribution < 1.29 is 9.15 Å². The van der Waals surface area contributed by atoms with Crippen LogP contribution in [0.1, 0.15) is 5.56 Å². The third-order valence-electron chi connectivity index (χ3n) is 2.20. The summed E-state index contributed by atoms with van der Waals surface area (Å²) in [7, 11) is 1.54. The molecule has 0 fully saturated rings. The number of nitrogens with zero attached hydrogens (tertiary/aromatic N) is 1. The minimum atomic E-state index is 0.379. The lowest BCUT2D eigenvalue weighted by molar-refractivity contribution is 0.395.